The van der Waals surface area contributed by atoms with E-state index in [4.69, 9.17) is 5.73 Å². The largest absolute Gasteiger partial charge is 0.505 e. The van der Waals surface area contributed by atoms with Crippen molar-refractivity contribution in [3.8, 4) is 5.75 Å². The van der Waals surface area contributed by atoms with E-state index in [1.165, 1.54) is 74.5 Å². The number of benzene rings is 1. The molecule has 0 amide bonds. The summed E-state index contributed by atoms with van der Waals surface area (Å²) >= 11 is 0. The molecule has 31 heavy (non-hydrogen) atoms. The van der Waals surface area contributed by atoms with E-state index in [0.29, 0.717) is 29.2 Å². The molecule has 168 valence electrons. The Morgan fingerprint density at radius 3 is 2.32 bits per heavy atom. The predicted octanol–water partition coefficient (Wildman–Crippen LogP) is 5.66. The number of fused-ring (bicyclic) bond motifs is 5. The van der Waals surface area contributed by atoms with E-state index in [9.17, 15) is 10.2 Å². The molecule has 1 aromatic carbocycles. The summed E-state index contributed by atoms with van der Waals surface area (Å²) in [5.74, 6) is 4.94. The first-order chi connectivity index (χ1) is 14.9. The lowest BCUT2D eigenvalue weighted by atomic mass is 9.47. The Morgan fingerprint density at radius 2 is 1.65 bits per heavy atom. The maximum Gasteiger partial charge on any atom is 0.142 e. The Kier molecular flexibility index (Phi) is 3.86. The quantitative estimate of drug-likeness (QED) is 0.405. The summed E-state index contributed by atoms with van der Waals surface area (Å²) in [5.41, 5.74) is 11.7. The summed E-state index contributed by atoms with van der Waals surface area (Å²) in [5, 5.41) is 22.1. The maximum atomic E-state index is 11.4. The van der Waals surface area contributed by atoms with Crippen LogP contribution in [0.5, 0.6) is 5.75 Å². The van der Waals surface area contributed by atoms with Crippen molar-refractivity contribution >= 4 is 5.69 Å². The second kappa shape index (κ2) is 6.22. The average Bonchev–Trinajstić information content (AvgIpc) is 3.04. The van der Waals surface area contributed by atoms with Crippen molar-refractivity contribution < 1.29 is 10.2 Å². The second-order valence-electron chi connectivity index (χ2n) is 13.0. The van der Waals surface area contributed by atoms with Gasteiger partial charge >= 0.3 is 0 Å². The SMILES string of the molecule is CC12CCC3c4cc(C56CC7CC(CC(C7)C5)C6)c(O)c(N)c4CCC3[C@@H]1CCC2O. The van der Waals surface area contributed by atoms with Gasteiger partial charge in [0.15, 0.2) is 0 Å². The van der Waals surface area contributed by atoms with Crippen LogP contribution in [0.1, 0.15) is 100 Å². The van der Waals surface area contributed by atoms with Crippen molar-refractivity contribution in [3.63, 3.8) is 0 Å². The Balaban J connectivity index is 1.32. The highest BCUT2D eigenvalue weighted by molar-refractivity contribution is 5.67. The molecule has 0 aromatic heterocycles. The van der Waals surface area contributed by atoms with Crippen molar-refractivity contribution in [2.24, 2.45) is 35.0 Å². The molecule has 5 atom stereocenters. The van der Waals surface area contributed by atoms with Gasteiger partial charge in [0.25, 0.3) is 0 Å². The minimum atomic E-state index is -0.118. The van der Waals surface area contributed by atoms with E-state index < -0.39 is 0 Å². The summed E-state index contributed by atoms with van der Waals surface area (Å²) in [4.78, 5) is 0. The summed E-state index contributed by atoms with van der Waals surface area (Å²) in [7, 11) is 0. The van der Waals surface area contributed by atoms with Crippen LogP contribution in [0.2, 0.25) is 0 Å². The topological polar surface area (TPSA) is 66.5 Å². The van der Waals surface area contributed by atoms with E-state index in [1.54, 1.807) is 0 Å². The number of phenolic OH excluding ortho intramolecular Hbond substituents is 1. The van der Waals surface area contributed by atoms with E-state index in [1.807, 2.05) is 0 Å². The van der Waals surface area contributed by atoms with Crippen LogP contribution < -0.4 is 5.73 Å². The number of nitrogen functional groups attached to an aromatic ring is 1. The highest BCUT2D eigenvalue weighted by Crippen LogP contribution is 2.65. The van der Waals surface area contributed by atoms with Gasteiger partial charge in [0.1, 0.15) is 5.75 Å². The smallest absolute Gasteiger partial charge is 0.142 e. The van der Waals surface area contributed by atoms with Gasteiger partial charge < -0.3 is 15.9 Å². The monoisotopic (exact) mass is 421 g/mol. The lowest BCUT2D eigenvalue weighted by Gasteiger charge is -2.57. The lowest BCUT2D eigenvalue weighted by Crippen LogP contribution is -2.49. The highest BCUT2D eigenvalue weighted by Gasteiger charge is 2.56. The van der Waals surface area contributed by atoms with Gasteiger partial charge in [-0.25, -0.2) is 0 Å². The zero-order valence-corrected chi connectivity index (χ0v) is 19.1. The van der Waals surface area contributed by atoms with E-state index in [2.05, 4.69) is 13.0 Å². The number of rotatable bonds is 1. The number of phenols is 1. The van der Waals surface area contributed by atoms with E-state index >= 15 is 0 Å². The van der Waals surface area contributed by atoms with Crippen molar-refractivity contribution in [2.45, 2.75) is 101 Å². The fourth-order valence-corrected chi connectivity index (χ4v) is 10.6. The van der Waals surface area contributed by atoms with Gasteiger partial charge in [0.05, 0.1) is 11.8 Å². The van der Waals surface area contributed by atoms with Crippen LogP contribution in [0.25, 0.3) is 0 Å². The van der Waals surface area contributed by atoms with E-state index in [0.717, 1.165) is 37.0 Å². The van der Waals surface area contributed by atoms with Gasteiger partial charge in [-0.2, -0.15) is 0 Å². The molecule has 7 aliphatic rings. The molecule has 0 radical (unpaired) electrons. The molecule has 6 fully saturated rings. The first kappa shape index (κ1) is 19.3. The molecule has 6 saturated carbocycles. The summed E-state index contributed by atoms with van der Waals surface area (Å²) in [6, 6.07) is 2.47. The lowest BCUT2D eigenvalue weighted by molar-refractivity contribution is -0.0228. The molecular weight excluding hydrogens is 382 g/mol. The Bertz CT molecular complexity index is 902. The van der Waals surface area contributed by atoms with Crippen LogP contribution in [0.4, 0.5) is 5.69 Å². The molecule has 0 saturated heterocycles. The third kappa shape index (κ3) is 2.45. The number of hydrogen-bond donors (Lipinski definition) is 3. The maximum absolute atomic E-state index is 11.4. The third-order valence-corrected chi connectivity index (χ3v) is 11.6. The minimum absolute atomic E-state index is 0.115. The zero-order chi connectivity index (χ0) is 21.1. The van der Waals surface area contributed by atoms with Crippen LogP contribution in [-0.4, -0.2) is 16.3 Å². The minimum Gasteiger partial charge on any atom is -0.505 e. The number of aliphatic hydroxyl groups is 1. The molecule has 4 unspecified atom stereocenters. The molecule has 7 aliphatic carbocycles. The van der Waals surface area contributed by atoms with Gasteiger partial charge in [0.2, 0.25) is 0 Å². The predicted molar refractivity (Wildman–Crippen MR) is 123 cm³/mol. The first-order valence-corrected chi connectivity index (χ1v) is 13.2. The molecule has 4 bridgehead atoms. The molecule has 8 rings (SSSR count). The van der Waals surface area contributed by atoms with Gasteiger partial charge in [-0.1, -0.05) is 13.0 Å². The molecule has 0 spiro atoms. The number of anilines is 1. The fourth-order valence-electron chi connectivity index (χ4n) is 10.6. The van der Waals surface area contributed by atoms with Crippen LogP contribution in [0.3, 0.4) is 0 Å². The Morgan fingerprint density at radius 1 is 0.968 bits per heavy atom. The molecule has 1 aromatic rings. The Hall–Kier alpha value is -1.22. The van der Waals surface area contributed by atoms with Crippen molar-refractivity contribution in [1.29, 1.82) is 0 Å². The van der Waals surface area contributed by atoms with Crippen LogP contribution >= 0.6 is 0 Å². The summed E-state index contributed by atoms with van der Waals surface area (Å²) in [6.45, 7) is 2.35. The second-order valence-corrected chi connectivity index (χ2v) is 13.0. The number of aromatic hydroxyl groups is 1. The van der Waals surface area contributed by atoms with Crippen molar-refractivity contribution in [2.75, 3.05) is 5.73 Å². The standard InChI is InChI=1S/C28H39NO2/c1-27-7-6-18-19(22(27)4-5-24(27)30)2-3-20-21(18)11-23(26(31)25(20)29)28-12-15-8-16(13-28)10-17(9-15)14-28/h11,15-19,22,24,30-31H,2-10,12-14,29H2,1H3/t15?,16?,17?,18?,19?,22-,24?,27?,28?/m0/s1. The number of aliphatic hydroxyl groups excluding tert-OH is 1. The summed E-state index contributed by atoms with van der Waals surface area (Å²) < 4.78 is 0. The van der Waals surface area contributed by atoms with Gasteiger partial charge in [-0.05, 0) is 135 Å². The normalized spacial score (nSPS) is 49.5. The summed E-state index contributed by atoms with van der Waals surface area (Å²) in [6.07, 6.45) is 14.6. The van der Waals surface area contributed by atoms with Gasteiger partial charge in [-0.15, -0.1) is 0 Å². The molecular formula is C28H39NO2. The number of nitrogens with two attached hydrogens (primary N) is 1. The number of hydrogen-bond acceptors (Lipinski definition) is 3. The average molecular weight is 422 g/mol. The van der Waals surface area contributed by atoms with Gasteiger partial charge in [-0.3, -0.25) is 0 Å². The van der Waals surface area contributed by atoms with Crippen molar-refractivity contribution in [1.82, 2.24) is 0 Å². The van der Waals surface area contributed by atoms with Crippen LogP contribution in [0.15, 0.2) is 6.07 Å². The molecule has 0 aliphatic heterocycles. The van der Waals surface area contributed by atoms with Crippen LogP contribution in [0, 0.1) is 35.0 Å². The zero-order valence-electron chi connectivity index (χ0n) is 19.1. The Labute approximate surface area is 186 Å². The highest BCUT2D eigenvalue weighted by atomic mass is 16.3. The third-order valence-electron chi connectivity index (χ3n) is 11.6. The fraction of sp³-hybridized carbons (Fsp3) is 0.786. The first-order valence-electron chi connectivity index (χ1n) is 13.2. The molecule has 4 N–H and O–H groups in total. The molecule has 3 nitrogen and oxygen atoms in total. The molecule has 0 heterocycles. The van der Waals surface area contributed by atoms with Crippen molar-refractivity contribution in [3.05, 3.63) is 22.8 Å². The molecule has 3 heteroatoms. The van der Waals surface area contributed by atoms with Gasteiger partial charge in [0, 0.05) is 5.56 Å². The van der Waals surface area contributed by atoms with Crippen LogP contribution in [-0.2, 0) is 11.8 Å². The van der Waals surface area contributed by atoms with E-state index in [-0.39, 0.29) is 16.9 Å².